The zero-order valence-corrected chi connectivity index (χ0v) is 20.5. The van der Waals surface area contributed by atoms with Gasteiger partial charge in [-0.1, -0.05) is 18.2 Å². The highest BCUT2D eigenvalue weighted by atomic mass is 19.4. The fraction of sp³-hybridized carbons (Fsp3) is 0.346. The second-order valence-electron chi connectivity index (χ2n) is 8.71. The van der Waals surface area contributed by atoms with E-state index in [1.54, 1.807) is 7.11 Å². The van der Waals surface area contributed by atoms with Crippen LogP contribution in [0.2, 0.25) is 0 Å². The van der Waals surface area contributed by atoms with Crippen LogP contribution in [-0.4, -0.2) is 28.5 Å². The minimum atomic E-state index is -4.85. The third-order valence-electron chi connectivity index (χ3n) is 6.21. The lowest BCUT2D eigenvalue weighted by atomic mass is 9.94. The number of hydrogen-bond donors (Lipinski definition) is 0. The van der Waals surface area contributed by atoms with Gasteiger partial charge in [0.1, 0.15) is 23.1 Å². The molecule has 1 aliphatic heterocycles. The molecule has 0 saturated carbocycles. The molecular weight excluding hydrogens is 491 g/mol. The Kier molecular flexibility index (Phi) is 7.42. The maximum atomic E-state index is 12.8. The van der Waals surface area contributed by atoms with Crippen molar-refractivity contribution in [3.05, 3.63) is 80.5 Å². The van der Waals surface area contributed by atoms with Crippen LogP contribution in [0.1, 0.15) is 24.0 Å². The molecule has 0 saturated heterocycles. The lowest BCUT2D eigenvalue weighted by Crippen LogP contribution is -2.38. The number of methoxy groups -OCH3 is 1. The molecule has 11 heteroatoms. The van der Waals surface area contributed by atoms with Crippen LogP contribution >= 0.6 is 0 Å². The fourth-order valence-corrected chi connectivity index (χ4v) is 4.30. The maximum absolute atomic E-state index is 12.8. The molecule has 3 aromatic rings. The van der Waals surface area contributed by atoms with E-state index < -0.39 is 23.4 Å². The lowest BCUT2D eigenvalue weighted by Gasteiger charge is -2.18. The predicted molar refractivity (Wildman–Crippen MR) is 131 cm³/mol. The second-order valence-corrected chi connectivity index (χ2v) is 8.71. The van der Waals surface area contributed by atoms with Gasteiger partial charge in [-0.3, -0.25) is 13.9 Å². The van der Waals surface area contributed by atoms with Crippen molar-refractivity contribution in [3.63, 3.8) is 0 Å². The quantitative estimate of drug-likeness (QED) is 0.487. The van der Waals surface area contributed by atoms with E-state index in [1.807, 2.05) is 24.3 Å². The minimum absolute atomic E-state index is 0.0872. The number of ether oxygens (including phenoxy) is 3. The first-order valence-corrected chi connectivity index (χ1v) is 11.6. The molecule has 2 heterocycles. The van der Waals surface area contributed by atoms with Gasteiger partial charge in [-0.05, 0) is 55.5 Å². The molecule has 1 atom stereocenters. The van der Waals surface area contributed by atoms with Crippen molar-refractivity contribution < 1.29 is 27.4 Å². The third-order valence-corrected chi connectivity index (χ3v) is 6.21. The Morgan fingerprint density at radius 3 is 2.43 bits per heavy atom. The number of nitrogens with zero attached hydrogens (tertiary/aromatic N) is 3. The summed E-state index contributed by atoms with van der Waals surface area (Å²) >= 11 is 0. The molecule has 1 aliphatic rings. The van der Waals surface area contributed by atoms with Crippen molar-refractivity contribution in [3.8, 4) is 17.2 Å². The number of hydrogen-bond acceptors (Lipinski definition) is 6. The molecule has 1 unspecified atom stereocenters. The number of rotatable bonds is 6. The summed E-state index contributed by atoms with van der Waals surface area (Å²) in [5.74, 6) is 0.461. The molecule has 0 fully saturated rings. The number of aryl methyl sites for hydroxylation is 1. The van der Waals surface area contributed by atoms with Gasteiger partial charge in [-0.2, -0.15) is 4.99 Å². The van der Waals surface area contributed by atoms with Gasteiger partial charge in [-0.25, -0.2) is 4.79 Å². The second kappa shape index (κ2) is 10.5. The smallest absolute Gasteiger partial charge is 0.497 e. The van der Waals surface area contributed by atoms with Crippen LogP contribution in [0, 0.1) is 5.92 Å². The molecule has 0 aliphatic carbocycles. The van der Waals surface area contributed by atoms with Crippen LogP contribution in [0.25, 0.3) is 0 Å². The highest BCUT2D eigenvalue weighted by Crippen LogP contribution is 2.31. The monoisotopic (exact) mass is 517 g/mol. The van der Waals surface area contributed by atoms with Gasteiger partial charge in [0.25, 0.3) is 5.56 Å². The predicted octanol–water partition coefficient (Wildman–Crippen LogP) is 4.30. The third kappa shape index (κ3) is 6.04. The molecule has 196 valence electrons. The van der Waals surface area contributed by atoms with Gasteiger partial charge in [0.05, 0.1) is 12.7 Å². The molecule has 0 spiro atoms. The molecule has 0 radical (unpaired) electrons. The summed E-state index contributed by atoms with van der Waals surface area (Å²) in [4.78, 5) is 30.0. The van der Waals surface area contributed by atoms with Crippen molar-refractivity contribution >= 4 is 11.7 Å². The fourth-order valence-electron chi connectivity index (χ4n) is 4.30. The van der Waals surface area contributed by atoms with Crippen LogP contribution in [0.3, 0.4) is 0 Å². The Morgan fingerprint density at radius 2 is 1.70 bits per heavy atom. The molecule has 37 heavy (non-hydrogen) atoms. The SMILES string of the molecule is COc1cccc(CCC2CCc3c(n(C)c(=O)n(C)c3=O)N=C2Oc2cccc(OC(F)(F)F)c2)c1. The van der Waals surface area contributed by atoms with Gasteiger partial charge in [0, 0.05) is 26.1 Å². The van der Waals surface area contributed by atoms with E-state index in [-0.39, 0.29) is 23.4 Å². The van der Waals surface area contributed by atoms with Gasteiger partial charge in [0.15, 0.2) is 5.90 Å². The summed E-state index contributed by atoms with van der Waals surface area (Å²) in [5, 5.41) is 0. The summed E-state index contributed by atoms with van der Waals surface area (Å²) < 4.78 is 55.8. The van der Waals surface area contributed by atoms with E-state index in [0.717, 1.165) is 28.0 Å². The van der Waals surface area contributed by atoms with Gasteiger partial charge < -0.3 is 14.2 Å². The van der Waals surface area contributed by atoms with Crippen molar-refractivity contribution in [2.24, 2.45) is 25.0 Å². The van der Waals surface area contributed by atoms with E-state index >= 15 is 0 Å². The van der Waals surface area contributed by atoms with Crippen LogP contribution in [0.5, 0.6) is 17.2 Å². The highest BCUT2D eigenvalue weighted by molar-refractivity contribution is 5.84. The molecule has 2 aromatic carbocycles. The maximum Gasteiger partial charge on any atom is 0.573 e. The largest absolute Gasteiger partial charge is 0.573 e. The van der Waals surface area contributed by atoms with Crippen LogP contribution in [0.4, 0.5) is 19.0 Å². The van der Waals surface area contributed by atoms with Crippen LogP contribution in [-0.2, 0) is 26.9 Å². The van der Waals surface area contributed by atoms with Crippen molar-refractivity contribution in [1.82, 2.24) is 9.13 Å². The van der Waals surface area contributed by atoms with E-state index in [2.05, 4.69) is 9.73 Å². The first-order valence-electron chi connectivity index (χ1n) is 11.6. The van der Waals surface area contributed by atoms with Gasteiger partial charge >= 0.3 is 12.1 Å². The topological polar surface area (TPSA) is 84.1 Å². The Hall–Kier alpha value is -4.02. The van der Waals surface area contributed by atoms with Gasteiger partial charge in [0.2, 0.25) is 0 Å². The van der Waals surface area contributed by atoms with E-state index in [0.29, 0.717) is 31.2 Å². The number of fused-ring (bicyclic) bond motifs is 1. The van der Waals surface area contributed by atoms with E-state index in [4.69, 9.17) is 9.47 Å². The Balaban J connectivity index is 1.71. The zero-order valence-electron chi connectivity index (χ0n) is 20.5. The molecule has 0 N–H and O–H groups in total. The van der Waals surface area contributed by atoms with Gasteiger partial charge in [-0.15, -0.1) is 13.2 Å². The summed E-state index contributed by atoms with van der Waals surface area (Å²) in [6.45, 7) is 0. The average molecular weight is 518 g/mol. The molecule has 8 nitrogen and oxygen atoms in total. The standard InChI is InChI=1S/C26H26F3N3O5/c1-31-22-21(24(33)32(2)25(31)34)13-12-17(11-10-16-6-4-7-18(14-16)35-3)23(30-22)36-19-8-5-9-20(15-19)37-26(27,28)29/h4-9,14-15,17H,10-13H2,1-3H3. The Bertz CT molecular complexity index is 1440. The van der Waals surface area contributed by atoms with Crippen LogP contribution in [0.15, 0.2) is 63.1 Å². The summed E-state index contributed by atoms with van der Waals surface area (Å²) in [6, 6.07) is 12.7. The normalized spacial score (nSPS) is 15.4. The average Bonchev–Trinajstić information content (AvgIpc) is 3.04. The number of aromatic nitrogens is 2. The van der Waals surface area contributed by atoms with Crippen molar-refractivity contribution in [1.29, 1.82) is 0 Å². The zero-order chi connectivity index (χ0) is 26.7. The number of aliphatic imine (C=N–C) groups is 1. The number of benzene rings is 2. The molecule has 1 aromatic heterocycles. The first-order chi connectivity index (χ1) is 17.6. The minimum Gasteiger partial charge on any atom is -0.497 e. The van der Waals surface area contributed by atoms with E-state index in [1.165, 1.54) is 30.8 Å². The van der Waals surface area contributed by atoms with Crippen molar-refractivity contribution in [2.75, 3.05) is 7.11 Å². The highest BCUT2D eigenvalue weighted by Gasteiger charge is 2.31. The van der Waals surface area contributed by atoms with Crippen molar-refractivity contribution in [2.45, 2.75) is 32.0 Å². The van der Waals surface area contributed by atoms with Crippen LogP contribution < -0.4 is 25.5 Å². The molecule has 0 bridgehead atoms. The molecule has 0 amide bonds. The summed E-state index contributed by atoms with van der Waals surface area (Å²) in [7, 11) is 4.50. The summed E-state index contributed by atoms with van der Waals surface area (Å²) in [5.41, 5.74) is 0.422. The van der Waals surface area contributed by atoms with E-state index in [9.17, 15) is 22.8 Å². The Morgan fingerprint density at radius 1 is 1.00 bits per heavy atom. The number of halogens is 3. The molecular formula is C26H26F3N3O5. The first kappa shape index (κ1) is 26.1. The summed E-state index contributed by atoms with van der Waals surface area (Å²) in [6.07, 6.45) is -2.80. The number of alkyl halides is 3. The Labute approximate surface area is 210 Å². The lowest BCUT2D eigenvalue weighted by molar-refractivity contribution is -0.274. The molecule has 4 rings (SSSR count).